The van der Waals surface area contributed by atoms with Crippen molar-refractivity contribution >= 4 is 5.91 Å². The number of ether oxygens (including phenoxy) is 1. The Morgan fingerprint density at radius 3 is 2.04 bits per heavy atom. The zero-order valence-electron chi connectivity index (χ0n) is 15.2. The van der Waals surface area contributed by atoms with Gasteiger partial charge in [0.2, 0.25) is 5.91 Å². The van der Waals surface area contributed by atoms with Gasteiger partial charge in [0, 0.05) is 17.7 Å². The Bertz CT molecular complexity index is 875. The fourth-order valence-electron chi connectivity index (χ4n) is 3.60. The molecule has 27 heavy (non-hydrogen) atoms. The molecule has 0 saturated carbocycles. The lowest BCUT2D eigenvalue weighted by Crippen LogP contribution is -2.32. The van der Waals surface area contributed by atoms with E-state index in [0.717, 1.165) is 41.9 Å². The van der Waals surface area contributed by atoms with Crippen molar-refractivity contribution in [2.45, 2.75) is 25.2 Å². The van der Waals surface area contributed by atoms with Crippen LogP contribution in [0.3, 0.4) is 0 Å². The first-order chi connectivity index (χ1) is 13.3. The van der Waals surface area contributed by atoms with Gasteiger partial charge in [-0.3, -0.25) is 4.79 Å². The van der Waals surface area contributed by atoms with E-state index in [1.165, 1.54) is 5.56 Å². The predicted molar refractivity (Wildman–Crippen MR) is 107 cm³/mol. The normalized spacial score (nSPS) is 12.6. The van der Waals surface area contributed by atoms with Crippen molar-refractivity contribution < 1.29 is 9.53 Å². The Balaban J connectivity index is 1.40. The van der Waals surface area contributed by atoms with Crippen molar-refractivity contribution in [1.29, 1.82) is 0 Å². The summed E-state index contributed by atoms with van der Waals surface area (Å²) in [5.41, 5.74) is 3.20. The van der Waals surface area contributed by atoms with Gasteiger partial charge in [-0.1, -0.05) is 66.7 Å². The van der Waals surface area contributed by atoms with Crippen molar-refractivity contribution in [2.24, 2.45) is 0 Å². The van der Waals surface area contributed by atoms with Crippen molar-refractivity contribution in [1.82, 2.24) is 5.32 Å². The maximum Gasteiger partial charge on any atom is 0.232 e. The Labute approximate surface area is 160 Å². The summed E-state index contributed by atoms with van der Waals surface area (Å²) >= 11 is 0. The van der Waals surface area contributed by atoms with E-state index in [0.29, 0.717) is 6.54 Å². The Morgan fingerprint density at radius 1 is 0.778 bits per heavy atom. The molecular formula is C24H23NO2. The minimum absolute atomic E-state index is 0.0397. The summed E-state index contributed by atoms with van der Waals surface area (Å²) in [5.74, 6) is 1.25. The highest BCUT2D eigenvalue weighted by Crippen LogP contribution is 2.43. The summed E-state index contributed by atoms with van der Waals surface area (Å²) in [7, 11) is 0. The van der Waals surface area contributed by atoms with Gasteiger partial charge >= 0.3 is 0 Å². The van der Waals surface area contributed by atoms with Crippen LogP contribution in [0, 0.1) is 0 Å². The smallest absolute Gasteiger partial charge is 0.232 e. The van der Waals surface area contributed by atoms with E-state index in [4.69, 9.17) is 4.74 Å². The summed E-state index contributed by atoms with van der Waals surface area (Å²) in [4.78, 5) is 13.0. The molecule has 3 heteroatoms. The summed E-state index contributed by atoms with van der Waals surface area (Å²) in [5, 5.41) is 3.13. The highest BCUT2D eigenvalue weighted by atomic mass is 16.5. The van der Waals surface area contributed by atoms with Crippen LogP contribution in [0.5, 0.6) is 11.5 Å². The number of para-hydroxylation sites is 2. The molecular weight excluding hydrogens is 334 g/mol. The van der Waals surface area contributed by atoms with Gasteiger partial charge in [0.25, 0.3) is 0 Å². The number of carbonyl (C=O) groups is 1. The molecule has 0 radical (unpaired) electrons. The van der Waals surface area contributed by atoms with Crippen LogP contribution in [0.15, 0.2) is 78.9 Å². The number of nitrogens with one attached hydrogen (secondary N) is 1. The molecule has 136 valence electrons. The van der Waals surface area contributed by atoms with Crippen molar-refractivity contribution in [3.63, 3.8) is 0 Å². The van der Waals surface area contributed by atoms with Crippen LogP contribution in [0.25, 0.3) is 0 Å². The number of fused-ring (bicyclic) bond motifs is 2. The maximum absolute atomic E-state index is 13.0. The number of aryl methyl sites for hydroxylation is 1. The average molecular weight is 357 g/mol. The van der Waals surface area contributed by atoms with Gasteiger partial charge < -0.3 is 10.1 Å². The van der Waals surface area contributed by atoms with Gasteiger partial charge in [0.15, 0.2) is 0 Å². The standard InChI is InChI=1S/C24H23NO2/c26-24(25-17-9-8-12-18-10-2-1-3-11-18)23-19-13-4-6-15-21(19)27-22-16-7-5-14-20(22)23/h1-7,10-11,13-16,23H,8-9,12,17H2,(H,25,26). The van der Waals surface area contributed by atoms with Crippen LogP contribution in [-0.2, 0) is 11.2 Å². The van der Waals surface area contributed by atoms with Gasteiger partial charge in [-0.25, -0.2) is 0 Å². The third-order valence-corrected chi connectivity index (χ3v) is 4.98. The topological polar surface area (TPSA) is 38.3 Å². The number of benzene rings is 3. The van der Waals surface area contributed by atoms with E-state index >= 15 is 0 Å². The molecule has 0 bridgehead atoms. The highest BCUT2D eigenvalue weighted by molar-refractivity contribution is 5.89. The minimum Gasteiger partial charge on any atom is -0.457 e. The molecule has 0 saturated heterocycles. The molecule has 0 fully saturated rings. The van der Waals surface area contributed by atoms with E-state index in [1.807, 2.05) is 54.6 Å². The number of rotatable bonds is 6. The van der Waals surface area contributed by atoms with E-state index in [9.17, 15) is 4.79 Å². The van der Waals surface area contributed by atoms with E-state index < -0.39 is 0 Å². The monoisotopic (exact) mass is 357 g/mol. The van der Waals surface area contributed by atoms with Crippen LogP contribution >= 0.6 is 0 Å². The quantitative estimate of drug-likeness (QED) is 0.626. The molecule has 1 heterocycles. The van der Waals surface area contributed by atoms with Gasteiger partial charge in [0.1, 0.15) is 11.5 Å². The second-order valence-electron chi connectivity index (χ2n) is 6.84. The minimum atomic E-state index is -0.319. The first-order valence-electron chi connectivity index (χ1n) is 9.50. The van der Waals surface area contributed by atoms with Crippen LogP contribution in [-0.4, -0.2) is 12.5 Å². The lowest BCUT2D eigenvalue weighted by atomic mass is 9.87. The molecule has 0 unspecified atom stereocenters. The van der Waals surface area contributed by atoms with Gasteiger partial charge in [-0.05, 0) is 37.0 Å². The van der Waals surface area contributed by atoms with E-state index in [-0.39, 0.29) is 11.8 Å². The van der Waals surface area contributed by atoms with E-state index in [1.54, 1.807) is 0 Å². The first-order valence-corrected chi connectivity index (χ1v) is 9.50. The second kappa shape index (κ2) is 8.09. The average Bonchev–Trinajstić information content (AvgIpc) is 2.72. The second-order valence-corrected chi connectivity index (χ2v) is 6.84. The van der Waals surface area contributed by atoms with E-state index in [2.05, 4.69) is 29.6 Å². The molecule has 0 atom stereocenters. The molecule has 3 nitrogen and oxygen atoms in total. The number of carbonyl (C=O) groups excluding carboxylic acids is 1. The summed E-state index contributed by atoms with van der Waals surface area (Å²) in [6.07, 6.45) is 3.07. The number of amides is 1. The third-order valence-electron chi connectivity index (χ3n) is 4.98. The van der Waals surface area contributed by atoms with Crippen LogP contribution in [0.2, 0.25) is 0 Å². The van der Waals surface area contributed by atoms with Crippen LogP contribution < -0.4 is 10.1 Å². The fourth-order valence-corrected chi connectivity index (χ4v) is 3.60. The van der Waals surface area contributed by atoms with Crippen molar-refractivity contribution in [2.75, 3.05) is 6.54 Å². The molecule has 3 aromatic rings. The van der Waals surface area contributed by atoms with Gasteiger partial charge in [0.05, 0.1) is 5.92 Å². The molecule has 0 aromatic heterocycles. The summed E-state index contributed by atoms with van der Waals surface area (Å²) in [6.45, 7) is 0.688. The fraction of sp³-hybridized carbons (Fsp3) is 0.208. The van der Waals surface area contributed by atoms with Crippen molar-refractivity contribution in [3.8, 4) is 11.5 Å². The van der Waals surface area contributed by atoms with Gasteiger partial charge in [-0.15, -0.1) is 0 Å². The predicted octanol–water partition coefficient (Wildman–Crippen LogP) is 5.06. The highest BCUT2D eigenvalue weighted by Gasteiger charge is 2.31. The molecule has 0 spiro atoms. The maximum atomic E-state index is 13.0. The molecule has 0 aliphatic carbocycles. The Kier molecular flexibility index (Phi) is 5.20. The molecule has 1 amide bonds. The SMILES string of the molecule is O=C(NCCCCc1ccccc1)C1c2ccccc2Oc2ccccc21. The summed E-state index contributed by atoms with van der Waals surface area (Å²) < 4.78 is 5.97. The van der Waals surface area contributed by atoms with Crippen molar-refractivity contribution in [3.05, 3.63) is 95.6 Å². The lowest BCUT2D eigenvalue weighted by Gasteiger charge is -2.27. The number of unbranched alkanes of at least 4 members (excludes halogenated alkanes) is 1. The number of hydrogen-bond donors (Lipinski definition) is 1. The third kappa shape index (κ3) is 3.87. The molecule has 3 aromatic carbocycles. The summed E-state index contributed by atoms with van der Waals surface area (Å²) in [6, 6.07) is 26.0. The van der Waals surface area contributed by atoms with Crippen LogP contribution in [0.1, 0.15) is 35.4 Å². The number of hydrogen-bond acceptors (Lipinski definition) is 2. The largest absolute Gasteiger partial charge is 0.457 e. The zero-order chi connectivity index (χ0) is 18.5. The molecule has 1 N–H and O–H groups in total. The van der Waals surface area contributed by atoms with Gasteiger partial charge in [-0.2, -0.15) is 0 Å². The molecule has 1 aliphatic rings. The first kappa shape index (κ1) is 17.3. The Hall–Kier alpha value is -3.07. The zero-order valence-corrected chi connectivity index (χ0v) is 15.2. The molecule has 1 aliphatic heterocycles. The lowest BCUT2D eigenvalue weighted by molar-refractivity contribution is -0.121. The van der Waals surface area contributed by atoms with Crippen LogP contribution in [0.4, 0.5) is 0 Å². The molecule has 4 rings (SSSR count). The Morgan fingerprint density at radius 2 is 1.37 bits per heavy atom.